The maximum atomic E-state index is 13.9. The largest absolute Gasteiger partial charge is 0.494 e. The summed E-state index contributed by atoms with van der Waals surface area (Å²) in [6, 6.07) is 22.1. The first-order valence-corrected chi connectivity index (χ1v) is 9.47. The molecule has 3 aromatic carbocycles. The molecule has 1 N–H and O–H groups in total. The lowest BCUT2D eigenvalue weighted by Crippen LogP contribution is -2.39. The number of amides is 1. The molecule has 29 heavy (non-hydrogen) atoms. The van der Waals surface area contributed by atoms with Crippen LogP contribution in [0.25, 0.3) is 11.1 Å². The molecule has 5 heteroatoms. The lowest BCUT2D eigenvalue weighted by atomic mass is 10.0. The highest BCUT2D eigenvalue weighted by molar-refractivity contribution is 5.98. The van der Waals surface area contributed by atoms with Crippen molar-refractivity contribution in [3.05, 3.63) is 84.2 Å². The van der Waals surface area contributed by atoms with Gasteiger partial charge in [0.1, 0.15) is 0 Å². The molecule has 3 rings (SSSR count). The van der Waals surface area contributed by atoms with Crippen molar-refractivity contribution >= 4 is 11.6 Å². The van der Waals surface area contributed by atoms with E-state index in [-0.39, 0.29) is 11.7 Å². The zero-order chi connectivity index (χ0) is 20.8. The zero-order valence-corrected chi connectivity index (χ0v) is 16.9. The molecule has 150 valence electrons. The van der Waals surface area contributed by atoms with Crippen LogP contribution in [0.15, 0.2) is 72.8 Å². The molecule has 0 bridgehead atoms. The van der Waals surface area contributed by atoms with Crippen LogP contribution in [0.5, 0.6) is 5.75 Å². The SMILES string of the molecule is COc1ccc(CN(C)[C@H](C)C(=O)Nc2ccccc2-c2ccccc2)cc1F. The standard InChI is InChI=1S/C24H25FN2O2/c1-17(27(2)16-18-13-14-23(29-3)21(25)15-18)24(28)26-22-12-8-7-11-20(22)19-9-5-4-6-10-19/h4-15,17H,16H2,1-3H3,(H,26,28)/t17-/m1/s1. The minimum atomic E-state index is -0.410. The van der Waals surface area contributed by atoms with Gasteiger partial charge in [0.2, 0.25) is 5.91 Å². The van der Waals surface area contributed by atoms with E-state index in [1.165, 1.54) is 13.2 Å². The lowest BCUT2D eigenvalue weighted by Gasteiger charge is -2.24. The van der Waals surface area contributed by atoms with Gasteiger partial charge in [0.05, 0.1) is 13.2 Å². The molecule has 0 fully saturated rings. The monoisotopic (exact) mass is 392 g/mol. The van der Waals surface area contributed by atoms with Crippen LogP contribution in [0.3, 0.4) is 0 Å². The van der Waals surface area contributed by atoms with Crippen molar-refractivity contribution in [2.75, 3.05) is 19.5 Å². The molecule has 0 radical (unpaired) electrons. The fourth-order valence-electron chi connectivity index (χ4n) is 3.13. The molecule has 0 saturated heterocycles. The van der Waals surface area contributed by atoms with Gasteiger partial charge in [-0.2, -0.15) is 0 Å². The third-order valence-electron chi connectivity index (χ3n) is 4.96. The summed E-state index contributed by atoms with van der Waals surface area (Å²) in [4.78, 5) is 14.7. The second-order valence-corrected chi connectivity index (χ2v) is 6.96. The Morgan fingerprint density at radius 1 is 1.07 bits per heavy atom. The van der Waals surface area contributed by atoms with Crippen molar-refractivity contribution < 1.29 is 13.9 Å². The molecule has 4 nitrogen and oxygen atoms in total. The van der Waals surface area contributed by atoms with Gasteiger partial charge < -0.3 is 10.1 Å². The van der Waals surface area contributed by atoms with Gasteiger partial charge in [0, 0.05) is 17.8 Å². The second kappa shape index (κ2) is 9.34. The maximum Gasteiger partial charge on any atom is 0.241 e. The van der Waals surface area contributed by atoms with Crippen molar-refractivity contribution in [3.63, 3.8) is 0 Å². The Morgan fingerprint density at radius 2 is 1.76 bits per heavy atom. The van der Waals surface area contributed by atoms with Crippen molar-refractivity contribution in [2.45, 2.75) is 19.5 Å². The van der Waals surface area contributed by atoms with Gasteiger partial charge in [-0.25, -0.2) is 4.39 Å². The number of nitrogens with zero attached hydrogens (tertiary/aromatic N) is 1. The first-order chi connectivity index (χ1) is 14.0. The minimum Gasteiger partial charge on any atom is -0.494 e. The van der Waals surface area contributed by atoms with Crippen LogP contribution in [-0.4, -0.2) is 31.0 Å². The molecule has 0 aliphatic carbocycles. The van der Waals surface area contributed by atoms with Crippen LogP contribution in [-0.2, 0) is 11.3 Å². The minimum absolute atomic E-state index is 0.120. The summed E-state index contributed by atoms with van der Waals surface area (Å²) in [6.07, 6.45) is 0. The van der Waals surface area contributed by atoms with Gasteiger partial charge in [-0.15, -0.1) is 0 Å². The average molecular weight is 392 g/mol. The van der Waals surface area contributed by atoms with Crippen molar-refractivity contribution in [1.29, 1.82) is 0 Å². The van der Waals surface area contributed by atoms with Gasteiger partial charge in [-0.1, -0.05) is 54.6 Å². The number of methoxy groups -OCH3 is 1. The van der Waals surface area contributed by atoms with E-state index in [1.54, 1.807) is 12.1 Å². The van der Waals surface area contributed by atoms with E-state index in [0.717, 1.165) is 22.4 Å². The number of anilines is 1. The van der Waals surface area contributed by atoms with E-state index in [9.17, 15) is 9.18 Å². The third kappa shape index (κ3) is 5.00. The van der Waals surface area contributed by atoms with E-state index in [0.29, 0.717) is 6.54 Å². The molecular formula is C24H25FN2O2. The van der Waals surface area contributed by atoms with Crippen molar-refractivity contribution in [3.8, 4) is 16.9 Å². The fraction of sp³-hybridized carbons (Fsp3) is 0.208. The first-order valence-electron chi connectivity index (χ1n) is 9.47. The molecule has 0 aromatic heterocycles. The van der Waals surface area contributed by atoms with Crippen molar-refractivity contribution in [1.82, 2.24) is 4.90 Å². The molecule has 0 heterocycles. The van der Waals surface area contributed by atoms with Crippen molar-refractivity contribution in [2.24, 2.45) is 0 Å². The van der Waals surface area contributed by atoms with Crippen LogP contribution in [0.4, 0.5) is 10.1 Å². The van der Waals surface area contributed by atoms with E-state index >= 15 is 0 Å². The topological polar surface area (TPSA) is 41.6 Å². The number of benzene rings is 3. The molecule has 0 aliphatic rings. The second-order valence-electron chi connectivity index (χ2n) is 6.96. The van der Waals surface area contributed by atoms with Crippen LogP contribution in [0.2, 0.25) is 0 Å². The summed E-state index contributed by atoms with van der Waals surface area (Å²) in [5, 5.41) is 3.03. The molecule has 0 aliphatic heterocycles. The van der Waals surface area contributed by atoms with E-state index in [2.05, 4.69) is 5.32 Å². The summed E-state index contributed by atoms with van der Waals surface area (Å²) in [5.41, 5.74) is 3.54. The number of ether oxygens (including phenoxy) is 1. The van der Waals surface area contributed by atoms with Gasteiger partial charge in [0.15, 0.2) is 11.6 Å². The highest BCUT2D eigenvalue weighted by atomic mass is 19.1. The number of hydrogen-bond donors (Lipinski definition) is 1. The smallest absolute Gasteiger partial charge is 0.241 e. The number of rotatable bonds is 7. The number of nitrogens with one attached hydrogen (secondary N) is 1. The Kier molecular flexibility index (Phi) is 6.62. The lowest BCUT2D eigenvalue weighted by molar-refractivity contribution is -0.120. The predicted molar refractivity (Wildman–Crippen MR) is 114 cm³/mol. The number of carbonyl (C=O) groups excluding carboxylic acids is 1. The Labute approximate surface area is 170 Å². The summed E-state index contributed by atoms with van der Waals surface area (Å²) >= 11 is 0. The number of likely N-dealkylation sites (N-methyl/N-ethyl adjacent to an activating group) is 1. The van der Waals surface area contributed by atoms with Crippen LogP contribution in [0.1, 0.15) is 12.5 Å². The van der Waals surface area contributed by atoms with E-state index in [4.69, 9.17) is 4.74 Å². The van der Waals surface area contributed by atoms with Gasteiger partial charge in [0.25, 0.3) is 0 Å². The zero-order valence-electron chi connectivity index (χ0n) is 16.9. The Balaban J connectivity index is 1.70. The molecular weight excluding hydrogens is 367 g/mol. The number of hydrogen-bond acceptors (Lipinski definition) is 3. The van der Waals surface area contributed by atoms with Crippen LogP contribution >= 0.6 is 0 Å². The summed E-state index contributed by atoms with van der Waals surface area (Å²) in [5.74, 6) is -0.322. The highest BCUT2D eigenvalue weighted by Gasteiger charge is 2.20. The quantitative estimate of drug-likeness (QED) is 0.618. The summed E-state index contributed by atoms with van der Waals surface area (Å²) < 4.78 is 18.9. The van der Waals surface area contributed by atoms with E-state index in [1.807, 2.05) is 73.5 Å². The third-order valence-corrected chi connectivity index (χ3v) is 4.96. The van der Waals surface area contributed by atoms with Gasteiger partial charge >= 0.3 is 0 Å². The highest BCUT2D eigenvalue weighted by Crippen LogP contribution is 2.28. The molecule has 1 atom stereocenters. The van der Waals surface area contributed by atoms with Gasteiger partial charge in [-0.3, -0.25) is 9.69 Å². The predicted octanol–water partition coefficient (Wildman–Crippen LogP) is 4.96. The van der Waals surface area contributed by atoms with E-state index < -0.39 is 11.9 Å². The van der Waals surface area contributed by atoms with Crippen LogP contribution < -0.4 is 10.1 Å². The molecule has 0 spiro atoms. The fourth-order valence-corrected chi connectivity index (χ4v) is 3.13. The molecule has 1 amide bonds. The molecule has 3 aromatic rings. The van der Waals surface area contributed by atoms with Gasteiger partial charge in [-0.05, 0) is 43.3 Å². The first kappa shape index (κ1) is 20.6. The Hall–Kier alpha value is -3.18. The normalized spacial score (nSPS) is 11.9. The Morgan fingerprint density at radius 3 is 2.45 bits per heavy atom. The maximum absolute atomic E-state index is 13.9. The van der Waals surface area contributed by atoms with Crippen LogP contribution in [0, 0.1) is 5.82 Å². The summed E-state index contributed by atoms with van der Waals surface area (Å²) in [7, 11) is 3.28. The Bertz CT molecular complexity index is 976. The number of carbonyl (C=O) groups is 1. The molecule has 0 saturated carbocycles. The summed E-state index contributed by atoms with van der Waals surface area (Å²) in [6.45, 7) is 2.27. The number of halogens is 1. The molecule has 0 unspecified atom stereocenters. The number of para-hydroxylation sites is 1. The average Bonchev–Trinajstić information content (AvgIpc) is 2.74.